The molecule has 0 fully saturated rings. The van der Waals surface area contributed by atoms with Gasteiger partial charge in [-0.3, -0.25) is 4.79 Å². The molecular weight excluding hydrogens is 242 g/mol. The van der Waals surface area contributed by atoms with Crippen LogP contribution >= 0.6 is 12.4 Å². The Labute approximate surface area is 108 Å². The van der Waals surface area contributed by atoms with Crippen LogP contribution < -0.4 is 5.73 Å². The van der Waals surface area contributed by atoms with Crippen LogP contribution in [-0.2, 0) is 20.9 Å². The van der Waals surface area contributed by atoms with E-state index in [1.165, 1.54) is 7.11 Å². The molecule has 0 aliphatic heterocycles. The number of carbonyl (C=O) groups excluding carboxylic acids is 1. The molecular formula is C12H18ClNO3. The lowest BCUT2D eigenvalue weighted by Gasteiger charge is -2.18. The third kappa shape index (κ3) is 5.17. The van der Waals surface area contributed by atoms with Gasteiger partial charge in [0.15, 0.2) is 0 Å². The van der Waals surface area contributed by atoms with E-state index in [1.807, 2.05) is 30.3 Å². The van der Waals surface area contributed by atoms with Gasteiger partial charge in [0.2, 0.25) is 0 Å². The molecule has 1 rings (SSSR count). The van der Waals surface area contributed by atoms with Gasteiger partial charge in [-0.15, -0.1) is 12.4 Å². The van der Waals surface area contributed by atoms with Crippen LogP contribution in [0.3, 0.4) is 0 Å². The molecule has 0 heterocycles. The molecule has 1 aromatic rings. The summed E-state index contributed by atoms with van der Waals surface area (Å²) < 4.78 is 10.0. The van der Waals surface area contributed by atoms with Crippen LogP contribution in [0.25, 0.3) is 0 Å². The van der Waals surface area contributed by atoms with Crippen LogP contribution in [-0.4, -0.2) is 25.2 Å². The number of ether oxygens (including phenoxy) is 2. The normalized spacial score (nSPS) is 13.4. The van der Waals surface area contributed by atoms with E-state index in [0.29, 0.717) is 6.61 Å². The minimum absolute atomic E-state index is 0. The van der Waals surface area contributed by atoms with Crippen LogP contribution in [0.1, 0.15) is 12.5 Å². The lowest BCUT2D eigenvalue weighted by atomic mass is 10.2. The summed E-state index contributed by atoms with van der Waals surface area (Å²) in [5.41, 5.74) is 6.68. The monoisotopic (exact) mass is 259 g/mol. The molecule has 0 bridgehead atoms. The average Bonchev–Trinajstić information content (AvgIpc) is 2.35. The number of methoxy groups -OCH3 is 1. The molecule has 0 amide bonds. The van der Waals surface area contributed by atoms with E-state index in [4.69, 9.17) is 10.5 Å². The molecule has 0 spiro atoms. The molecule has 0 saturated carbocycles. The lowest BCUT2D eigenvalue weighted by Crippen LogP contribution is -2.42. The Morgan fingerprint density at radius 2 is 1.94 bits per heavy atom. The minimum Gasteiger partial charge on any atom is -0.468 e. The van der Waals surface area contributed by atoms with E-state index >= 15 is 0 Å². The van der Waals surface area contributed by atoms with Crippen LogP contribution in [0.15, 0.2) is 30.3 Å². The molecule has 0 aromatic heterocycles. The zero-order valence-corrected chi connectivity index (χ0v) is 10.8. The second-order valence-electron chi connectivity index (χ2n) is 3.55. The largest absolute Gasteiger partial charge is 0.468 e. The Morgan fingerprint density at radius 3 is 2.47 bits per heavy atom. The molecule has 1 aromatic carbocycles. The molecule has 2 N–H and O–H groups in total. The SMILES string of the molecule is COC(=O)[C@@H](N)[C@@H](C)OCc1ccccc1.Cl. The van der Waals surface area contributed by atoms with Crippen molar-refractivity contribution in [2.45, 2.75) is 25.7 Å². The summed E-state index contributed by atoms with van der Waals surface area (Å²) in [5.74, 6) is -0.458. The van der Waals surface area contributed by atoms with E-state index in [1.54, 1.807) is 6.92 Å². The van der Waals surface area contributed by atoms with Gasteiger partial charge in [0.25, 0.3) is 0 Å². The van der Waals surface area contributed by atoms with Gasteiger partial charge >= 0.3 is 5.97 Å². The standard InChI is InChI=1S/C12H17NO3.ClH/c1-9(11(13)12(14)15-2)16-8-10-6-4-3-5-7-10;/h3-7,9,11H,8,13H2,1-2H3;1H/t9-,11+;/m1./s1. The van der Waals surface area contributed by atoms with Crippen LogP contribution in [0.4, 0.5) is 0 Å². The zero-order valence-electron chi connectivity index (χ0n) is 9.96. The minimum atomic E-state index is -0.742. The molecule has 0 aliphatic rings. The van der Waals surface area contributed by atoms with E-state index in [-0.39, 0.29) is 18.5 Å². The van der Waals surface area contributed by atoms with Crippen LogP contribution in [0, 0.1) is 0 Å². The first-order valence-corrected chi connectivity index (χ1v) is 5.14. The van der Waals surface area contributed by atoms with E-state index in [2.05, 4.69) is 4.74 Å². The van der Waals surface area contributed by atoms with Crippen molar-refractivity contribution in [1.29, 1.82) is 0 Å². The fraction of sp³-hybridized carbons (Fsp3) is 0.417. The van der Waals surface area contributed by atoms with Crippen LogP contribution in [0.5, 0.6) is 0 Å². The van der Waals surface area contributed by atoms with Crippen molar-refractivity contribution < 1.29 is 14.3 Å². The van der Waals surface area contributed by atoms with Crippen molar-refractivity contribution in [3.63, 3.8) is 0 Å². The predicted octanol–water partition coefficient (Wildman–Crippen LogP) is 1.51. The number of carbonyl (C=O) groups is 1. The molecule has 5 heteroatoms. The summed E-state index contributed by atoms with van der Waals surface area (Å²) in [4.78, 5) is 11.1. The number of halogens is 1. The first kappa shape index (κ1) is 15.9. The van der Waals surface area contributed by atoms with Crippen molar-refractivity contribution in [3.8, 4) is 0 Å². The summed E-state index contributed by atoms with van der Waals surface area (Å²) in [7, 11) is 1.31. The Balaban J connectivity index is 0.00000256. The van der Waals surface area contributed by atoms with E-state index in [0.717, 1.165) is 5.56 Å². The van der Waals surface area contributed by atoms with Gasteiger partial charge < -0.3 is 15.2 Å². The quantitative estimate of drug-likeness (QED) is 0.815. The molecule has 2 atom stereocenters. The molecule has 17 heavy (non-hydrogen) atoms. The highest BCUT2D eigenvalue weighted by Gasteiger charge is 2.21. The van der Waals surface area contributed by atoms with Gasteiger partial charge in [-0.05, 0) is 12.5 Å². The summed E-state index contributed by atoms with van der Waals surface area (Å²) in [6, 6.07) is 8.97. The Hall–Kier alpha value is -1.10. The van der Waals surface area contributed by atoms with Crippen molar-refractivity contribution in [2.24, 2.45) is 5.73 Å². The average molecular weight is 260 g/mol. The van der Waals surface area contributed by atoms with Crippen molar-refractivity contribution in [3.05, 3.63) is 35.9 Å². The second-order valence-corrected chi connectivity index (χ2v) is 3.55. The van der Waals surface area contributed by atoms with Gasteiger partial charge in [0.05, 0.1) is 19.8 Å². The number of rotatable bonds is 5. The van der Waals surface area contributed by atoms with Gasteiger partial charge in [0, 0.05) is 0 Å². The number of nitrogens with two attached hydrogens (primary N) is 1. The second kappa shape index (κ2) is 8.06. The summed E-state index contributed by atoms with van der Waals surface area (Å²) in [6.07, 6.45) is -0.368. The topological polar surface area (TPSA) is 61.5 Å². The maximum Gasteiger partial charge on any atom is 0.325 e. The van der Waals surface area contributed by atoms with E-state index in [9.17, 15) is 4.79 Å². The smallest absolute Gasteiger partial charge is 0.325 e. The highest BCUT2D eigenvalue weighted by atomic mass is 35.5. The van der Waals surface area contributed by atoms with Crippen molar-refractivity contribution in [1.82, 2.24) is 0 Å². The summed E-state index contributed by atoms with van der Waals surface area (Å²) >= 11 is 0. The highest BCUT2D eigenvalue weighted by Crippen LogP contribution is 2.05. The predicted molar refractivity (Wildman–Crippen MR) is 67.9 cm³/mol. The number of hydrogen-bond donors (Lipinski definition) is 1. The molecule has 0 unspecified atom stereocenters. The Kier molecular flexibility index (Phi) is 7.54. The first-order valence-electron chi connectivity index (χ1n) is 5.14. The number of benzene rings is 1. The maximum absolute atomic E-state index is 11.1. The molecule has 96 valence electrons. The maximum atomic E-state index is 11.1. The van der Waals surface area contributed by atoms with Gasteiger partial charge in [-0.25, -0.2) is 0 Å². The molecule has 4 nitrogen and oxygen atoms in total. The molecule has 0 aliphatic carbocycles. The van der Waals surface area contributed by atoms with E-state index < -0.39 is 12.0 Å². The Morgan fingerprint density at radius 1 is 1.35 bits per heavy atom. The number of esters is 1. The third-order valence-corrected chi connectivity index (χ3v) is 2.33. The van der Waals surface area contributed by atoms with Gasteiger partial charge in [0.1, 0.15) is 6.04 Å². The Bertz CT molecular complexity index is 332. The fourth-order valence-corrected chi connectivity index (χ4v) is 1.23. The van der Waals surface area contributed by atoms with Gasteiger partial charge in [-0.1, -0.05) is 30.3 Å². The molecule has 0 radical (unpaired) electrons. The fourth-order valence-electron chi connectivity index (χ4n) is 1.23. The highest BCUT2D eigenvalue weighted by molar-refractivity contribution is 5.85. The van der Waals surface area contributed by atoms with Crippen molar-refractivity contribution in [2.75, 3.05) is 7.11 Å². The van der Waals surface area contributed by atoms with Crippen LogP contribution in [0.2, 0.25) is 0 Å². The van der Waals surface area contributed by atoms with Gasteiger partial charge in [-0.2, -0.15) is 0 Å². The zero-order chi connectivity index (χ0) is 12.0. The lowest BCUT2D eigenvalue weighted by molar-refractivity contribution is -0.146. The van der Waals surface area contributed by atoms with Crippen molar-refractivity contribution >= 4 is 18.4 Å². The molecule has 0 saturated heterocycles. The number of hydrogen-bond acceptors (Lipinski definition) is 4. The first-order chi connectivity index (χ1) is 7.65. The third-order valence-electron chi connectivity index (χ3n) is 2.33. The summed E-state index contributed by atoms with van der Waals surface area (Å²) in [6.45, 7) is 2.19. The summed E-state index contributed by atoms with van der Waals surface area (Å²) in [5, 5.41) is 0.